The highest BCUT2D eigenvalue weighted by atomic mass is 31.2. The van der Waals surface area contributed by atoms with E-state index in [2.05, 4.69) is 0 Å². The van der Waals surface area contributed by atoms with Crippen LogP contribution >= 0.6 is 15.2 Å². The van der Waals surface area contributed by atoms with Gasteiger partial charge in [-0.1, -0.05) is 26.7 Å². The Bertz CT molecular complexity index is 310. The lowest BCUT2D eigenvalue weighted by molar-refractivity contribution is 0.0283. The van der Waals surface area contributed by atoms with Crippen molar-refractivity contribution in [1.29, 1.82) is 0 Å². The zero-order valence-corrected chi connectivity index (χ0v) is 12.4. The highest BCUT2D eigenvalue weighted by Gasteiger charge is 2.61. The summed E-state index contributed by atoms with van der Waals surface area (Å²) in [4.78, 5) is 37.1. The monoisotopic (exact) mass is 304 g/mol. The smallest absolute Gasteiger partial charge is 0.352 e. The normalized spacial score (nSPS) is 13.9. The van der Waals surface area contributed by atoms with Crippen LogP contribution in [-0.4, -0.2) is 31.3 Å². The molecule has 0 spiro atoms. The Morgan fingerprint density at radius 2 is 1.39 bits per heavy atom. The third-order valence-electron chi connectivity index (χ3n) is 2.60. The van der Waals surface area contributed by atoms with Gasteiger partial charge in [0.05, 0.1) is 0 Å². The molecule has 0 amide bonds. The summed E-state index contributed by atoms with van der Waals surface area (Å²) in [5.74, 6) is 0. The second kappa shape index (κ2) is 7.15. The van der Waals surface area contributed by atoms with Crippen LogP contribution < -0.4 is 0 Å². The molecule has 0 heterocycles. The maximum absolute atomic E-state index is 11.5. The van der Waals surface area contributed by atoms with E-state index >= 15 is 0 Å². The van der Waals surface area contributed by atoms with Gasteiger partial charge in [0.2, 0.25) is 0 Å². The Labute approximate surface area is 107 Å². The fraction of sp³-hybridized carbons (Fsp3) is 1.00. The van der Waals surface area contributed by atoms with Gasteiger partial charge in [0, 0.05) is 13.0 Å². The molecule has 0 aromatic carbocycles. The first-order valence-corrected chi connectivity index (χ1v) is 9.10. The zero-order valence-electron chi connectivity index (χ0n) is 10.7. The van der Waals surface area contributed by atoms with Gasteiger partial charge in [-0.25, -0.2) is 0 Å². The Morgan fingerprint density at radius 3 is 1.72 bits per heavy atom. The van der Waals surface area contributed by atoms with E-state index in [-0.39, 0.29) is 19.4 Å². The van der Waals surface area contributed by atoms with E-state index in [4.69, 9.17) is 4.74 Å². The van der Waals surface area contributed by atoms with E-state index in [0.29, 0.717) is 19.3 Å². The van der Waals surface area contributed by atoms with E-state index in [1.807, 2.05) is 6.92 Å². The van der Waals surface area contributed by atoms with Crippen molar-refractivity contribution in [3.05, 3.63) is 0 Å². The molecule has 18 heavy (non-hydrogen) atoms. The van der Waals surface area contributed by atoms with Crippen molar-refractivity contribution in [1.82, 2.24) is 0 Å². The molecular weight excluding hydrogens is 282 g/mol. The van der Waals surface area contributed by atoms with Gasteiger partial charge >= 0.3 is 15.2 Å². The molecule has 0 unspecified atom stereocenters. The van der Waals surface area contributed by atoms with Gasteiger partial charge in [0.15, 0.2) is 0 Å². The van der Waals surface area contributed by atoms with Crippen LogP contribution in [0.1, 0.15) is 46.0 Å². The fourth-order valence-electron chi connectivity index (χ4n) is 1.49. The fourth-order valence-corrected chi connectivity index (χ4v) is 4.26. The van der Waals surface area contributed by atoms with Crippen molar-refractivity contribution in [2.75, 3.05) is 6.61 Å². The van der Waals surface area contributed by atoms with Gasteiger partial charge in [0.1, 0.15) is 0 Å². The predicted octanol–water partition coefficient (Wildman–Crippen LogP) is 2.00. The van der Waals surface area contributed by atoms with Crippen LogP contribution in [0.4, 0.5) is 0 Å². The molecule has 110 valence electrons. The highest BCUT2D eigenvalue weighted by molar-refractivity contribution is 7.72. The summed E-state index contributed by atoms with van der Waals surface area (Å²) in [7, 11) is -10.2. The topological polar surface area (TPSA) is 124 Å². The molecule has 0 fully saturated rings. The molecule has 0 aliphatic heterocycles. The van der Waals surface area contributed by atoms with Crippen molar-refractivity contribution >= 4 is 15.2 Å². The lowest BCUT2D eigenvalue weighted by Crippen LogP contribution is -2.33. The molecule has 0 rings (SSSR count). The predicted molar refractivity (Wildman–Crippen MR) is 67.2 cm³/mol. The minimum atomic E-state index is -5.08. The molecule has 9 heteroatoms. The third-order valence-corrected chi connectivity index (χ3v) is 6.69. The number of rotatable bonds is 9. The van der Waals surface area contributed by atoms with E-state index in [0.717, 1.165) is 0 Å². The molecule has 0 aromatic heterocycles. The second-order valence-electron chi connectivity index (χ2n) is 4.14. The third kappa shape index (κ3) is 4.42. The first kappa shape index (κ1) is 18.3. The molecule has 4 N–H and O–H groups in total. The van der Waals surface area contributed by atoms with Crippen molar-refractivity contribution in [3.63, 3.8) is 0 Å². The average molecular weight is 304 g/mol. The van der Waals surface area contributed by atoms with Gasteiger partial charge in [-0.2, -0.15) is 0 Å². The molecule has 0 atom stereocenters. The van der Waals surface area contributed by atoms with Crippen LogP contribution in [0.2, 0.25) is 0 Å². The summed E-state index contributed by atoms with van der Waals surface area (Å²) in [5.41, 5.74) is 0. The van der Waals surface area contributed by atoms with E-state index in [1.165, 1.54) is 0 Å². The Morgan fingerprint density at radius 1 is 0.944 bits per heavy atom. The molecular formula is C9H22O7P2. The maximum atomic E-state index is 11.5. The van der Waals surface area contributed by atoms with Crippen molar-refractivity contribution in [2.24, 2.45) is 0 Å². The number of unbranched alkanes of at least 4 members (excludes halogenated alkanes) is 2. The van der Waals surface area contributed by atoms with Crippen LogP contribution in [0.15, 0.2) is 0 Å². The van der Waals surface area contributed by atoms with Crippen LogP contribution in [0.5, 0.6) is 0 Å². The van der Waals surface area contributed by atoms with Gasteiger partial charge in [0.25, 0.3) is 5.08 Å². The molecule has 0 saturated heterocycles. The Balaban J connectivity index is 5.29. The molecule has 0 aliphatic rings. The van der Waals surface area contributed by atoms with Crippen LogP contribution in [-0.2, 0) is 13.9 Å². The Kier molecular flexibility index (Phi) is 7.26. The molecule has 7 nitrogen and oxygen atoms in total. The number of ether oxygens (including phenoxy) is 1. The molecule has 0 aliphatic carbocycles. The Hall–Kier alpha value is 0.260. The van der Waals surface area contributed by atoms with E-state index in [1.54, 1.807) is 6.92 Å². The number of hydrogen-bond acceptors (Lipinski definition) is 3. The first-order chi connectivity index (χ1) is 8.12. The lowest BCUT2D eigenvalue weighted by Gasteiger charge is -2.34. The summed E-state index contributed by atoms with van der Waals surface area (Å²) in [6.07, 6.45) is 1.64. The second-order valence-corrected chi connectivity index (χ2v) is 8.11. The lowest BCUT2D eigenvalue weighted by atomic mass is 10.2. The highest BCUT2D eigenvalue weighted by Crippen LogP contribution is 2.71. The van der Waals surface area contributed by atoms with Crippen LogP contribution in [0.25, 0.3) is 0 Å². The van der Waals surface area contributed by atoms with E-state index in [9.17, 15) is 28.7 Å². The van der Waals surface area contributed by atoms with Crippen LogP contribution in [0, 0.1) is 0 Å². The molecule has 0 saturated carbocycles. The van der Waals surface area contributed by atoms with Gasteiger partial charge in [-0.3, -0.25) is 9.13 Å². The summed E-state index contributed by atoms with van der Waals surface area (Å²) in [5, 5.41) is -2.69. The SMILES string of the molecule is CCCCOC(CCCC)(P(=O)(O)O)P(=O)(O)O. The summed E-state index contributed by atoms with van der Waals surface area (Å²) in [6.45, 7) is 3.51. The van der Waals surface area contributed by atoms with Crippen molar-refractivity contribution in [2.45, 2.75) is 51.0 Å². The zero-order chi connectivity index (χ0) is 14.4. The van der Waals surface area contributed by atoms with Gasteiger partial charge < -0.3 is 24.3 Å². The average Bonchev–Trinajstić information content (AvgIpc) is 2.19. The van der Waals surface area contributed by atoms with Crippen LogP contribution in [0.3, 0.4) is 0 Å². The minimum Gasteiger partial charge on any atom is -0.352 e. The standard InChI is InChI=1S/C9H22O7P2/c1-3-5-7-9(17(10,11)12,18(13,14)15)16-8-6-4-2/h3-8H2,1-2H3,(H2,10,11,12)(H2,13,14,15). The molecule has 0 radical (unpaired) electrons. The summed E-state index contributed by atoms with van der Waals surface area (Å²) >= 11 is 0. The maximum Gasteiger partial charge on any atom is 0.369 e. The largest absolute Gasteiger partial charge is 0.369 e. The van der Waals surface area contributed by atoms with Crippen molar-refractivity contribution < 1.29 is 33.4 Å². The summed E-state index contributed by atoms with van der Waals surface area (Å²) < 4.78 is 27.9. The quantitative estimate of drug-likeness (QED) is 0.379. The molecule has 0 aromatic rings. The van der Waals surface area contributed by atoms with E-state index < -0.39 is 20.3 Å². The first-order valence-electron chi connectivity index (χ1n) is 5.87. The molecule has 0 bridgehead atoms. The minimum absolute atomic E-state index is 0.0869. The number of hydrogen-bond donors (Lipinski definition) is 4. The van der Waals surface area contributed by atoms with Gasteiger partial charge in [-0.15, -0.1) is 0 Å². The summed E-state index contributed by atoms with van der Waals surface area (Å²) in [6, 6.07) is 0. The van der Waals surface area contributed by atoms with Crippen molar-refractivity contribution in [3.8, 4) is 0 Å². The van der Waals surface area contributed by atoms with Gasteiger partial charge in [-0.05, 0) is 12.8 Å².